The molecule has 3 aliphatic rings. The Bertz CT molecular complexity index is 1060. The fraction of sp³-hybridized carbons (Fsp3) is 0.375. The summed E-state index contributed by atoms with van der Waals surface area (Å²) in [6.45, 7) is 2.95. The molecule has 2 aliphatic heterocycles. The fourth-order valence-electron chi connectivity index (χ4n) is 5.48. The first-order valence-electron chi connectivity index (χ1n) is 10.3. The van der Waals surface area contributed by atoms with Gasteiger partial charge in [0.2, 0.25) is 5.91 Å². The number of nitrogens with zero attached hydrogens (tertiary/aromatic N) is 1. The molecule has 0 radical (unpaired) electrons. The van der Waals surface area contributed by atoms with Crippen molar-refractivity contribution in [2.45, 2.75) is 32.1 Å². The van der Waals surface area contributed by atoms with E-state index in [0.717, 1.165) is 24.8 Å². The van der Waals surface area contributed by atoms with E-state index >= 15 is 0 Å². The number of piperidine rings is 1. The van der Waals surface area contributed by atoms with E-state index in [0.29, 0.717) is 29.4 Å². The van der Waals surface area contributed by atoms with E-state index in [1.165, 1.54) is 0 Å². The smallest absolute Gasteiger partial charge is 0.328 e. The van der Waals surface area contributed by atoms with Crippen molar-refractivity contribution in [3.05, 3.63) is 64.7 Å². The van der Waals surface area contributed by atoms with Crippen LogP contribution in [-0.2, 0) is 9.59 Å². The van der Waals surface area contributed by atoms with Crippen molar-refractivity contribution in [1.29, 1.82) is 0 Å². The van der Waals surface area contributed by atoms with E-state index < -0.39 is 22.7 Å². The summed E-state index contributed by atoms with van der Waals surface area (Å²) in [6, 6.07) is 13.8. The van der Waals surface area contributed by atoms with Gasteiger partial charge in [-0.3, -0.25) is 14.4 Å². The number of rotatable bonds is 3. The van der Waals surface area contributed by atoms with Crippen LogP contribution in [-0.4, -0.2) is 35.6 Å². The number of likely N-dealkylation sites (tertiary alicyclic amines) is 1. The minimum Gasteiger partial charge on any atom is -0.425 e. The second-order valence-electron chi connectivity index (χ2n) is 8.56. The lowest BCUT2D eigenvalue weighted by molar-refractivity contribution is -0.154. The maximum atomic E-state index is 13.8. The number of halogens is 1. The van der Waals surface area contributed by atoms with Crippen LogP contribution in [0.15, 0.2) is 48.5 Å². The molecule has 3 atom stereocenters. The highest BCUT2D eigenvalue weighted by atomic mass is 35.5. The maximum Gasteiger partial charge on any atom is 0.328 e. The average Bonchev–Trinajstić information content (AvgIpc) is 3.37. The molecule has 0 spiro atoms. The van der Waals surface area contributed by atoms with Gasteiger partial charge in [0.1, 0.15) is 5.75 Å². The van der Waals surface area contributed by atoms with Crippen molar-refractivity contribution in [3.63, 3.8) is 0 Å². The minimum absolute atomic E-state index is 0.233. The zero-order chi connectivity index (χ0) is 21.1. The van der Waals surface area contributed by atoms with Crippen LogP contribution in [0.4, 0.5) is 0 Å². The van der Waals surface area contributed by atoms with Gasteiger partial charge in [-0.1, -0.05) is 29.8 Å². The van der Waals surface area contributed by atoms with Gasteiger partial charge in [-0.15, -0.1) is 0 Å². The van der Waals surface area contributed by atoms with Crippen LogP contribution in [0.3, 0.4) is 0 Å². The molecule has 1 amide bonds. The molecule has 1 aliphatic carbocycles. The summed E-state index contributed by atoms with van der Waals surface area (Å²) in [4.78, 5) is 42.6. The molecule has 0 unspecified atom stereocenters. The standard InChI is InChI=1S/C24H22ClNO4/c1-23(20(27)15-9-11-16(25)12-10-15)19-17-7-3-4-8-18(17)30-22(29)24(19,23)21(28)26-13-5-2-6-14-26/h3-4,7-12,19H,2,5-6,13-14H2,1H3/t19-,23+,24-/m0/s1. The Morgan fingerprint density at radius 2 is 1.70 bits per heavy atom. The van der Waals surface area contributed by atoms with Gasteiger partial charge < -0.3 is 9.64 Å². The number of ketones is 1. The highest BCUT2D eigenvalue weighted by Crippen LogP contribution is 2.78. The number of carbonyl (C=O) groups excluding carboxylic acids is 3. The monoisotopic (exact) mass is 423 g/mol. The zero-order valence-corrected chi connectivity index (χ0v) is 17.4. The van der Waals surface area contributed by atoms with Gasteiger partial charge >= 0.3 is 5.97 Å². The van der Waals surface area contributed by atoms with Crippen molar-refractivity contribution in [2.24, 2.45) is 10.8 Å². The highest BCUT2D eigenvalue weighted by molar-refractivity contribution is 6.30. The van der Waals surface area contributed by atoms with Gasteiger partial charge in [0.25, 0.3) is 0 Å². The van der Waals surface area contributed by atoms with Gasteiger partial charge in [-0.2, -0.15) is 0 Å². The lowest BCUT2D eigenvalue weighted by Gasteiger charge is -2.32. The molecule has 2 aromatic rings. The van der Waals surface area contributed by atoms with Crippen LogP contribution in [0, 0.1) is 10.8 Å². The third kappa shape index (κ3) is 2.38. The molecule has 5 nitrogen and oxygen atoms in total. The number of benzene rings is 2. The Morgan fingerprint density at radius 3 is 2.40 bits per heavy atom. The summed E-state index contributed by atoms with van der Waals surface area (Å²) < 4.78 is 5.64. The van der Waals surface area contributed by atoms with Gasteiger partial charge in [-0.25, -0.2) is 0 Å². The molecule has 2 fully saturated rings. The largest absolute Gasteiger partial charge is 0.425 e. The Hall–Kier alpha value is -2.66. The predicted octanol–water partition coefficient (Wildman–Crippen LogP) is 4.24. The molecule has 30 heavy (non-hydrogen) atoms. The van der Waals surface area contributed by atoms with E-state index in [-0.39, 0.29) is 11.7 Å². The maximum absolute atomic E-state index is 13.8. The summed E-state index contributed by atoms with van der Waals surface area (Å²) >= 11 is 5.99. The van der Waals surface area contributed by atoms with E-state index in [9.17, 15) is 14.4 Å². The van der Waals surface area contributed by atoms with Crippen LogP contribution in [0.25, 0.3) is 0 Å². The molecule has 2 heterocycles. The number of hydrogen-bond donors (Lipinski definition) is 0. The Labute approximate surface area is 180 Å². The van der Waals surface area contributed by atoms with Crippen LogP contribution < -0.4 is 4.74 Å². The van der Waals surface area contributed by atoms with Crippen LogP contribution in [0.5, 0.6) is 5.75 Å². The molecule has 1 saturated heterocycles. The summed E-state index contributed by atoms with van der Waals surface area (Å²) in [6.07, 6.45) is 2.87. The number of para-hydroxylation sites is 1. The normalized spacial score (nSPS) is 29.5. The van der Waals surface area contributed by atoms with Gasteiger partial charge in [0.05, 0.1) is 5.41 Å². The first-order chi connectivity index (χ1) is 14.4. The zero-order valence-electron chi connectivity index (χ0n) is 16.7. The number of esters is 1. The van der Waals surface area contributed by atoms with Crippen molar-refractivity contribution >= 4 is 29.3 Å². The predicted molar refractivity (Wildman–Crippen MR) is 112 cm³/mol. The highest BCUT2D eigenvalue weighted by Gasteiger charge is 2.88. The quantitative estimate of drug-likeness (QED) is 0.320. The molecule has 0 aromatic heterocycles. The first kappa shape index (κ1) is 19.3. The van der Waals surface area contributed by atoms with Crippen molar-refractivity contribution in [3.8, 4) is 5.75 Å². The topological polar surface area (TPSA) is 63.7 Å². The summed E-state index contributed by atoms with van der Waals surface area (Å²) in [7, 11) is 0. The SMILES string of the molecule is C[C@]1(C(=O)c2ccc(Cl)cc2)[C@@H]2c3ccccc3OC(=O)[C@@]21C(=O)N1CCCCC1. The Kier molecular flexibility index (Phi) is 4.30. The lowest BCUT2D eigenvalue weighted by Crippen LogP contribution is -2.49. The summed E-state index contributed by atoms with van der Waals surface area (Å²) in [5.74, 6) is -1.24. The van der Waals surface area contributed by atoms with Gasteiger partial charge in [0, 0.05) is 35.2 Å². The van der Waals surface area contributed by atoms with Gasteiger partial charge in [0.15, 0.2) is 11.2 Å². The van der Waals surface area contributed by atoms with E-state index in [1.54, 1.807) is 48.2 Å². The van der Waals surface area contributed by atoms with Crippen molar-refractivity contribution < 1.29 is 19.1 Å². The second-order valence-corrected chi connectivity index (χ2v) is 9.00. The van der Waals surface area contributed by atoms with Crippen LogP contribution >= 0.6 is 11.6 Å². The Morgan fingerprint density at radius 1 is 1.03 bits per heavy atom. The molecule has 2 aromatic carbocycles. The first-order valence-corrected chi connectivity index (χ1v) is 10.7. The van der Waals surface area contributed by atoms with Crippen LogP contribution in [0.1, 0.15) is 48.0 Å². The molecule has 154 valence electrons. The summed E-state index contributed by atoms with van der Waals surface area (Å²) in [5, 5.41) is 0.522. The number of amides is 1. The average molecular weight is 424 g/mol. The molecular weight excluding hydrogens is 402 g/mol. The number of hydrogen-bond acceptors (Lipinski definition) is 4. The lowest BCUT2D eigenvalue weighted by atomic mass is 9.85. The molecule has 0 bridgehead atoms. The molecule has 6 heteroatoms. The molecule has 1 saturated carbocycles. The van der Waals surface area contributed by atoms with E-state index in [1.807, 2.05) is 12.1 Å². The third-order valence-corrected chi connectivity index (χ3v) is 7.31. The molecule has 5 rings (SSSR count). The van der Waals surface area contributed by atoms with Crippen LogP contribution in [0.2, 0.25) is 5.02 Å². The van der Waals surface area contributed by atoms with E-state index in [4.69, 9.17) is 16.3 Å². The number of carbonyl (C=O) groups is 3. The number of ether oxygens (including phenoxy) is 1. The van der Waals surface area contributed by atoms with Crippen molar-refractivity contribution in [1.82, 2.24) is 4.90 Å². The second kappa shape index (κ2) is 6.67. The van der Waals surface area contributed by atoms with E-state index in [2.05, 4.69) is 0 Å². The fourth-order valence-corrected chi connectivity index (χ4v) is 5.60. The van der Waals surface area contributed by atoms with Crippen molar-refractivity contribution in [2.75, 3.05) is 13.1 Å². The molecule has 0 N–H and O–H groups in total. The number of Topliss-reactive ketones (excluding diaryl/α,β-unsaturated/α-hetero) is 1. The molecular formula is C24H22ClNO4. The minimum atomic E-state index is -1.52. The number of fused-ring (bicyclic) bond motifs is 3. The summed E-state index contributed by atoms with van der Waals surface area (Å²) in [5.41, 5.74) is -1.55. The Balaban J connectivity index is 1.65. The third-order valence-electron chi connectivity index (χ3n) is 7.06. The van der Waals surface area contributed by atoms with Gasteiger partial charge in [-0.05, 0) is 56.5 Å².